The van der Waals surface area contributed by atoms with Crippen LogP contribution in [0.3, 0.4) is 0 Å². The number of aliphatic hydroxyl groups excluding tert-OH is 1. The Labute approximate surface area is 112 Å². The molecule has 18 heavy (non-hydrogen) atoms. The van der Waals surface area contributed by atoms with E-state index in [0.29, 0.717) is 23.3 Å². The highest BCUT2D eigenvalue weighted by Crippen LogP contribution is 2.30. The molecule has 1 aromatic rings. The predicted molar refractivity (Wildman–Crippen MR) is 71.9 cm³/mol. The van der Waals surface area contributed by atoms with Gasteiger partial charge in [-0.3, -0.25) is 0 Å². The molecule has 0 spiro atoms. The Morgan fingerprint density at radius 3 is 2.83 bits per heavy atom. The molecule has 4 nitrogen and oxygen atoms in total. The van der Waals surface area contributed by atoms with Gasteiger partial charge in [0.2, 0.25) is 10.0 Å². The van der Waals surface area contributed by atoms with E-state index in [1.807, 2.05) is 0 Å². The molecular formula is C12H19NO3S2. The zero-order chi connectivity index (χ0) is 13.2. The number of aliphatic hydroxyl groups is 1. The molecule has 0 amide bonds. The van der Waals surface area contributed by atoms with E-state index in [0.717, 1.165) is 12.8 Å². The normalized spacial score (nSPS) is 24.6. The average Bonchev–Trinajstić information content (AvgIpc) is 2.95. The van der Waals surface area contributed by atoms with Crippen LogP contribution in [-0.4, -0.2) is 20.1 Å². The molecule has 0 bridgehead atoms. The maximum absolute atomic E-state index is 12.0. The minimum Gasteiger partial charge on any atom is -0.391 e. The Kier molecular flexibility index (Phi) is 4.42. The third kappa shape index (κ3) is 3.32. The second kappa shape index (κ2) is 5.69. The van der Waals surface area contributed by atoms with Crippen molar-refractivity contribution in [1.29, 1.82) is 0 Å². The summed E-state index contributed by atoms with van der Waals surface area (Å²) in [5.74, 6) is 1.17. The lowest BCUT2D eigenvalue weighted by atomic mass is 10.1. The van der Waals surface area contributed by atoms with Crippen molar-refractivity contribution in [2.75, 3.05) is 6.54 Å². The maximum Gasteiger partial charge on any atom is 0.241 e. The summed E-state index contributed by atoms with van der Waals surface area (Å²) in [6, 6.07) is 1.53. The zero-order valence-corrected chi connectivity index (χ0v) is 12.1. The van der Waals surface area contributed by atoms with Gasteiger partial charge in [0, 0.05) is 16.8 Å². The average molecular weight is 289 g/mol. The van der Waals surface area contributed by atoms with Crippen molar-refractivity contribution < 1.29 is 13.5 Å². The van der Waals surface area contributed by atoms with Crippen LogP contribution in [0, 0.1) is 11.8 Å². The van der Waals surface area contributed by atoms with Crippen molar-refractivity contribution in [3.63, 3.8) is 0 Å². The molecule has 6 heteroatoms. The van der Waals surface area contributed by atoms with E-state index < -0.39 is 10.0 Å². The lowest BCUT2D eigenvalue weighted by Gasteiger charge is -2.10. The van der Waals surface area contributed by atoms with E-state index in [9.17, 15) is 8.42 Å². The highest BCUT2D eigenvalue weighted by atomic mass is 32.2. The highest BCUT2D eigenvalue weighted by Gasteiger charge is 2.24. The summed E-state index contributed by atoms with van der Waals surface area (Å²) in [5, 5.41) is 10.5. The standard InChI is InChI=1S/C12H19NO3S2/c1-9-2-3-10(4-9)6-13-18(15,16)12-5-11(7-14)17-8-12/h5,8-10,13-14H,2-4,6-7H2,1H3. The summed E-state index contributed by atoms with van der Waals surface area (Å²) < 4.78 is 26.7. The van der Waals surface area contributed by atoms with Crippen molar-refractivity contribution in [3.05, 3.63) is 16.3 Å². The van der Waals surface area contributed by atoms with Crippen LogP contribution in [0.25, 0.3) is 0 Å². The lowest BCUT2D eigenvalue weighted by molar-refractivity contribution is 0.285. The molecular weight excluding hydrogens is 270 g/mol. The van der Waals surface area contributed by atoms with E-state index in [1.54, 1.807) is 5.38 Å². The van der Waals surface area contributed by atoms with Crippen molar-refractivity contribution >= 4 is 21.4 Å². The smallest absolute Gasteiger partial charge is 0.241 e. The summed E-state index contributed by atoms with van der Waals surface area (Å²) in [6.07, 6.45) is 3.41. The summed E-state index contributed by atoms with van der Waals surface area (Å²) in [6.45, 7) is 2.62. The fraction of sp³-hybridized carbons (Fsp3) is 0.667. The molecule has 1 fully saturated rings. The molecule has 1 saturated carbocycles. The molecule has 1 aromatic heterocycles. The summed E-state index contributed by atoms with van der Waals surface area (Å²) in [7, 11) is -3.41. The molecule has 2 unspecified atom stereocenters. The van der Waals surface area contributed by atoms with Gasteiger partial charge in [-0.2, -0.15) is 0 Å². The van der Waals surface area contributed by atoms with Crippen LogP contribution in [0.5, 0.6) is 0 Å². The molecule has 2 rings (SSSR count). The molecule has 2 atom stereocenters. The van der Waals surface area contributed by atoms with Crippen molar-refractivity contribution in [3.8, 4) is 0 Å². The van der Waals surface area contributed by atoms with Crippen LogP contribution >= 0.6 is 11.3 Å². The summed E-state index contributed by atoms with van der Waals surface area (Å²) in [5.41, 5.74) is 0. The van der Waals surface area contributed by atoms with Crippen LogP contribution < -0.4 is 4.72 Å². The van der Waals surface area contributed by atoms with Crippen LogP contribution in [0.1, 0.15) is 31.1 Å². The van der Waals surface area contributed by atoms with Gasteiger partial charge in [-0.25, -0.2) is 13.1 Å². The molecule has 2 N–H and O–H groups in total. The predicted octanol–water partition coefficient (Wildman–Crippen LogP) is 1.95. The lowest BCUT2D eigenvalue weighted by Crippen LogP contribution is -2.28. The van der Waals surface area contributed by atoms with Crippen molar-refractivity contribution in [1.82, 2.24) is 4.72 Å². The van der Waals surface area contributed by atoms with E-state index >= 15 is 0 Å². The first-order valence-electron chi connectivity index (χ1n) is 6.19. The van der Waals surface area contributed by atoms with Crippen LogP contribution in [0.15, 0.2) is 16.3 Å². The Morgan fingerprint density at radius 1 is 1.50 bits per heavy atom. The van der Waals surface area contributed by atoms with Crippen molar-refractivity contribution in [2.24, 2.45) is 11.8 Å². The Bertz CT molecular complexity index is 495. The highest BCUT2D eigenvalue weighted by molar-refractivity contribution is 7.89. The third-order valence-corrected chi connectivity index (χ3v) is 5.93. The fourth-order valence-electron chi connectivity index (χ4n) is 2.41. The van der Waals surface area contributed by atoms with E-state index in [4.69, 9.17) is 5.11 Å². The Hall–Kier alpha value is -0.430. The SMILES string of the molecule is CC1CCC(CNS(=O)(=O)c2csc(CO)c2)C1. The van der Waals surface area contributed by atoms with E-state index in [2.05, 4.69) is 11.6 Å². The molecule has 0 aromatic carbocycles. The van der Waals surface area contributed by atoms with Gasteiger partial charge in [0.1, 0.15) is 0 Å². The van der Waals surface area contributed by atoms with Crippen molar-refractivity contribution in [2.45, 2.75) is 37.7 Å². The fourth-order valence-corrected chi connectivity index (χ4v) is 4.66. The largest absolute Gasteiger partial charge is 0.391 e. The minimum atomic E-state index is -3.41. The number of thiophene rings is 1. The maximum atomic E-state index is 12.0. The second-order valence-electron chi connectivity index (χ2n) is 5.04. The first-order chi connectivity index (χ1) is 8.51. The summed E-state index contributed by atoms with van der Waals surface area (Å²) in [4.78, 5) is 0.937. The second-order valence-corrected chi connectivity index (χ2v) is 7.81. The first kappa shape index (κ1) is 14.0. The van der Waals surface area contributed by atoms with Gasteiger partial charge in [0.05, 0.1) is 11.5 Å². The van der Waals surface area contributed by atoms with Gasteiger partial charge in [0.15, 0.2) is 0 Å². The van der Waals surface area contributed by atoms with Crippen LogP contribution in [0.4, 0.5) is 0 Å². The molecule has 1 aliphatic rings. The number of hydrogen-bond acceptors (Lipinski definition) is 4. The van der Waals surface area contributed by atoms with Gasteiger partial charge in [-0.1, -0.05) is 13.3 Å². The molecule has 102 valence electrons. The molecule has 1 aliphatic carbocycles. The quantitative estimate of drug-likeness (QED) is 0.870. The number of sulfonamides is 1. The molecule has 1 heterocycles. The molecule has 0 saturated heterocycles. The van der Waals surface area contributed by atoms with Gasteiger partial charge in [0.25, 0.3) is 0 Å². The van der Waals surface area contributed by atoms with Gasteiger partial charge >= 0.3 is 0 Å². The molecule has 0 aliphatic heterocycles. The number of nitrogens with one attached hydrogen (secondary N) is 1. The van der Waals surface area contributed by atoms with Gasteiger partial charge in [-0.15, -0.1) is 11.3 Å². The Balaban J connectivity index is 1.95. The molecule has 0 radical (unpaired) electrons. The Morgan fingerprint density at radius 2 is 2.28 bits per heavy atom. The van der Waals surface area contributed by atoms with E-state index in [-0.39, 0.29) is 11.5 Å². The van der Waals surface area contributed by atoms with Crippen LogP contribution in [0.2, 0.25) is 0 Å². The number of hydrogen-bond donors (Lipinski definition) is 2. The minimum absolute atomic E-state index is 0.111. The topological polar surface area (TPSA) is 66.4 Å². The number of rotatable bonds is 5. The van der Waals surface area contributed by atoms with Gasteiger partial charge in [-0.05, 0) is 30.7 Å². The first-order valence-corrected chi connectivity index (χ1v) is 8.55. The van der Waals surface area contributed by atoms with Crippen LogP contribution in [-0.2, 0) is 16.6 Å². The third-order valence-electron chi connectivity index (χ3n) is 3.46. The summed E-state index contributed by atoms with van der Waals surface area (Å²) >= 11 is 1.27. The van der Waals surface area contributed by atoms with E-state index in [1.165, 1.54) is 23.8 Å². The monoisotopic (exact) mass is 289 g/mol. The van der Waals surface area contributed by atoms with Gasteiger partial charge < -0.3 is 5.11 Å². The zero-order valence-electron chi connectivity index (χ0n) is 10.4.